The largest absolute Gasteiger partial charge is 0.377 e. The highest BCUT2D eigenvalue weighted by Crippen LogP contribution is 2.15. The van der Waals surface area contributed by atoms with Gasteiger partial charge in [-0.1, -0.05) is 0 Å². The minimum absolute atomic E-state index is 0.0512. The molecule has 2 aliphatic rings. The molecule has 2 aliphatic heterocycles. The molecule has 0 aliphatic carbocycles. The van der Waals surface area contributed by atoms with Crippen LogP contribution in [0.1, 0.15) is 32.1 Å². The van der Waals surface area contributed by atoms with Gasteiger partial charge in [0.05, 0.1) is 18.5 Å². The fraction of sp³-hybridized carbons (Fsp3) is 0.929. The molecule has 0 aromatic rings. The molecular formula is C14H26N2O5S. The zero-order valence-corrected chi connectivity index (χ0v) is 13.9. The van der Waals surface area contributed by atoms with Crippen LogP contribution in [0.4, 0.5) is 0 Å². The van der Waals surface area contributed by atoms with E-state index in [-0.39, 0.29) is 31.1 Å². The summed E-state index contributed by atoms with van der Waals surface area (Å²) in [5.41, 5.74) is 0. The quantitative estimate of drug-likeness (QED) is 0.681. The fourth-order valence-corrected chi connectivity index (χ4v) is 3.62. The van der Waals surface area contributed by atoms with Crippen molar-refractivity contribution < 1.29 is 22.7 Å². The van der Waals surface area contributed by atoms with Crippen molar-refractivity contribution >= 4 is 15.9 Å². The first-order chi connectivity index (χ1) is 10.4. The van der Waals surface area contributed by atoms with Crippen molar-refractivity contribution in [3.63, 3.8) is 0 Å². The zero-order valence-electron chi connectivity index (χ0n) is 13.1. The molecule has 2 rings (SSSR count). The number of nitrogens with one attached hydrogen (secondary N) is 1. The topological polar surface area (TPSA) is 84.9 Å². The molecule has 128 valence electrons. The van der Waals surface area contributed by atoms with E-state index in [1.165, 1.54) is 10.6 Å². The molecule has 1 N–H and O–H groups in total. The summed E-state index contributed by atoms with van der Waals surface area (Å²) in [5.74, 6) is -0.142. The molecule has 1 amide bonds. The van der Waals surface area contributed by atoms with Gasteiger partial charge in [-0.25, -0.2) is 8.42 Å². The number of rotatable bonds is 8. The Morgan fingerprint density at radius 2 is 1.82 bits per heavy atom. The minimum Gasteiger partial charge on any atom is -0.377 e. The Kier molecular flexibility index (Phi) is 6.61. The summed E-state index contributed by atoms with van der Waals surface area (Å²) in [6.07, 6.45) is 5.21. The van der Waals surface area contributed by atoms with Crippen LogP contribution < -0.4 is 5.32 Å². The lowest BCUT2D eigenvalue weighted by Crippen LogP contribution is -2.40. The summed E-state index contributed by atoms with van der Waals surface area (Å²) in [7, 11) is -3.33. The number of sulfonamides is 1. The normalized spacial score (nSPS) is 25.7. The first-order valence-corrected chi connectivity index (χ1v) is 9.75. The van der Waals surface area contributed by atoms with Gasteiger partial charge in [-0.15, -0.1) is 0 Å². The van der Waals surface area contributed by atoms with Gasteiger partial charge in [0.2, 0.25) is 15.9 Å². The van der Waals surface area contributed by atoms with Crippen molar-refractivity contribution in [3.8, 4) is 0 Å². The molecule has 0 aromatic carbocycles. The Bertz CT molecular complexity index is 456. The second-order valence-electron chi connectivity index (χ2n) is 5.95. The van der Waals surface area contributed by atoms with Crippen molar-refractivity contribution in [2.45, 2.75) is 44.3 Å². The van der Waals surface area contributed by atoms with Crippen molar-refractivity contribution in [2.75, 3.05) is 39.1 Å². The van der Waals surface area contributed by atoms with Crippen LogP contribution in [0.3, 0.4) is 0 Å². The van der Waals surface area contributed by atoms with Gasteiger partial charge in [-0.2, -0.15) is 4.31 Å². The smallest absolute Gasteiger partial charge is 0.221 e. The molecule has 0 radical (unpaired) electrons. The molecule has 2 unspecified atom stereocenters. The summed E-state index contributed by atoms with van der Waals surface area (Å²) in [6, 6.07) is 0. The Morgan fingerprint density at radius 3 is 2.36 bits per heavy atom. The van der Waals surface area contributed by atoms with Crippen LogP contribution in [0.5, 0.6) is 0 Å². The summed E-state index contributed by atoms with van der Waals surface area (Å²) in [4.78, 5) is 11.8. The van der Waals surface area contributed by atoms with Crippen LogP contribution in [0.2, 0.25) is 0 Å². The standard InChI is InChI=1S/C14H26N2O5S/c1-22(18,19)16(11-13-5-3-9-21-13)7-6-14(17)15-10-12-4-2-8-20-12/h12-13H,2-11H2,1H3,(H,15,17). The Morgan fingerprint density at radius 1 is 1.18 bits per heavy atom. The van der Waals surface area contributed by atoms with Crippen LogP contribution in [0, 0.1) is 0 Å². The van der Waals surface area contributed by atoms with Crippen LogP contribution >= 0.6 is 0 Å². The maximum absolute atomic E-state index is 11.8. The molecule has 2 fully saturated rings. The molecule has 7 nitrogen and oxygen atoms in total. The predicted octanol–water partition coefficient (Wildman–Crippen LogP) is 0.112. The highest BCUT2D eigenvalue weighted by atomic mass is 32.2. The number of hydrogen-bond donors (Lipinski definition) is 1. The molecule has 0 spiro atoms. The number of hydrogen-bond acceptors (Lipinski definition) is 5. The average Bonchev–Trinajstić information content (AvgIpc) is 3.12. The Labute approximate surface area is 132 Å². The SMILES string of the molecule is CS(=O)(=O)N(CCC(=O)NCC1CCCO1)CC1CCCO1. The van der Waals surface area contributed by atoms with Gasteiger partial charge in [0.1, 0.15) is 0 Å². The van der Waals surface area contributed by atoms with Crippen molar-refractivity contribution in [2.24, 2.45) is 0 Å². The van der Waals surface area contributed by atoms with Crippen LogP contribution in [0.15, 0.2) is 0 Å². The van der Waals surface area contributed by atoms with Crippen molar-refractivity contribution in [1.82, 2.24) is 9.62 Å². The summed E-state index contributed by atoms with van der Waals surface area (Å²) in [5, 5.41) is 2.81. The molecule has 22 heavy (non-hydrogen) atoms. The highest BCUT2D eigenvalue weighted by Gasteiger charge is 2.25. The van der Waals surface area contributed by atoms with Gasteiger partial charge in [0.25, 0.3) is 0 Å². The van der Waals surface area contributed by atoms with Gasteiger partial charge >= 0.3 is 0 Å². The van der Waals surface area contributed by atoms with Crippen LogP contribution in [-0.2, 0) is 24.3 Å². The highest BCUT2D eigenvalue weighted by molar-refractivity contribution is 7.88. The van der Waals surface area contributed by atoms with Crippen LogP contribution in [-0.4, -0.2) is 69.9 Å². The summed E-state index contributed by atoms with van der Waals surface area (Å²) in [6.45, 7) is 2.46. The fourth-order valence-electron chi connectivity index (χ4n) is 2.76. The lowest BCUT2D eigenvalue weighted by molar-refractivity contribution is -0.121. The predicted molar refractivity (Wildman–Crippen MR) is 82.0 cm³/mol. The molecule has 0 saturated carbocycles. The van der Waals surface area contributed by atoms with Gasteiger partial charge < -0.3 is 14.8 Å². The number of carbonyl (C=O) groups is 1. The average molecular weight is 334 g/mol. The third-order valence-electron chi connectivity index (χ3n) is 4.04. The van der Waals surface area contributed by atoms with E-state index in [1.54, 1.807) is 0 Å². The van der Waals surface area contributed by atoms with E-state index in [0.717, 1.165) is 32.3 Å². The van der Waals surface area contributed by atoms with E-state index in [1.807, 2.05) is 0 Å². The number of ether oxygens (including phenoxy) is 2. The van der Waals surface area contributed by atoms with E-state index in [2.05, 4.69) is 5.32 Å². The second-order valence-corrected chi connectivity index (χ2v) is 7.93. The van der Waals surface area contributed by atoms with Crippen LogP contribution in [0.25, 0.3) is 0 Å². The second kappa shape index (κ2) is 8.24. The number of carbonyl (C=O) groups excluding carboxylic acids is 1. The molecule has 8 heteroatoms. The lowest BCUT2D eigenvalue weighted by Gasteiger charge is -2.22. The third-order valence-corrected chi connectivity index (χ3v) is 5.31. The first kappa shape index (κ1) is 17.7. The first-order valence-electron chi connectivity index (χ1n) is 7.90. The number of amides is 1. The monoisotopic (exact) mass is 334 g/mol. The zero-order chi connectivity index (χ0) is 16.0. The van der Waals surface area contributed by atoms with E-state index < -0.39 is 10.0 Å². The van der Waals surface area contributed by atoms with E-state index >= 15 is 0 Å². The van der Waals surface area contributed by atoms with Gasteiger partial charge in [0.15, 0.2) is 0 Å². The van der Waals surface area contributed by atoms with Gasteiger partial charge in [-0.3, -0.25) is 4.79 Å². The molecule has 2 atom stereocenters. The maximum Gasteiger partial charge on any atom is 0.221 e. The third kappa shape index (κ3) is 5.83. The number of nitrogens with zero attached hydrogens (tertiary/aromatic N) is 1. The maximum atomic E-state index is 11.8. The summed E-state index contributed by atoms with van der Waals surface area (Å²) >= 11 is 0. The van der Waals surface area contributed by atoms with Crippen molar-refractivity contribution in [3.05, 3.63) is 0 Å². The summed E-state index contributed by atoms with van der Waals surface area (Å²) < 4.78 is 35.9. The van der Waals surface area contributed by atoms with E-state index in [0.29, 0.717) is 19.7 Å². The molecule has 2 heterocycles. The molecule has 2 saturated heterocycles. The van der Waals surface area contributed by atoms with E-state index in [9.17, 15) is 13.2 Å². The molecule has 0 aromatic heterocycles. The van der Waals surface area contributed by atoms with Gasteiger partial charge in [-0.05, 0) is 25.7 Å². The van der Waals surface area contributed by atoms with E-state index in [4.69, 9.17) is 9.47 Å². The minimum atomic E-state index is -3.33. The van der Waals surface area contributed by atoms with Gasteiger partial charge in [0, 0.05) is 39.3 Å². The molecule has 0 bridgehead atoms. The Hall–Kier alpha value is -0.700. The Balaban J connectivity index is 1.73. The molecular weight excluding hydrogens is 308 g/mol. The van der Waals surface area contributed by atoms with Crippen molar-refractivity contribution in [1.29, 1.82) is 0 Å². The lowest BCUT2D eigenvalue weighted by atomic mass is 10.2.